The summed E-state index contributed by atoms with van der Waals surface area (Å²) < 4.78 is 6.57. The van der Waals surface area contributed by atoms with Crippen molar-refractivity contribution in [1.82, 2.24) is 9.88 Å². The van der Waals surface area contributed by atoms with Crippen molar-refractivity contribution in [1.29, 1.82) is 0 Å². The fraction of sp³-hybridized carbons (Fsp3) is 0.200. The van der Waals surface area contributed by atoms with Crippen LogP contribution in [-0.4, -0.2) is 16.5 Å². The van der Waals surface area contributed by atoms with Crippen molar-refractivity contribution < 1.29 is 9.21 Å². The molecule has 164 valence electrons. The highest BCUT2D eigenvalue weighted by Crippen LogP contribution is 2.27. The van der Waals surface area contributed by atoms with Gasteiger partial charge in [-0.05, 0) is 60.9 Å². The highest BCUT2D eigenvalue weighted by atomic mass is 35.5. The zero-order valence-corrected chi connectivity index (χ0v) is 18.9. The van der Waals surface area contributed by atoms with E-state index in [0.717, 1.165) is 11.1 Å². The Kier molecular flexibility index (Phi) is 6.68. The smallest absolute Gasteiger partial charge is 0.408 e. The SMILES string of the molecule is CC(NC(=O)Cn1c(=O)oc2ccccc21)C(Cc1ccc(Cl)cc1)c1ccc(Cl)cc1. The quantitative estimate of drug-likeness (QED) is 0.393. The van der Waals surface area contributed by atoms with Crippen LogP contribution in [0.4, 0.5) is 0 Å². The molecule has 1 amide bonds. The zero-order chi connectivity index (χ0) is 22.7. The highest BCUT2D eigenvalue weighted by molar-refractivity contribution is 6.30. The molecule has 0 bridgehead atoms. The fourth-order valence-electron chi connectivity index (χ4n) is 3.88. The summed E-state index contributed by atoms with van der Waals surface area (Å²) in [6.07, 6.45) is 0.703. The van der Waals surface area contributed by atoms with Crippen LogP contribution >= 0.6 is 23.2 Å². The van der Waals surface area contributed by atoms with Crippen molar-refractivity contribution >= 4 is 40.2 Å². The average molecular weight is 469 g/mol. The lowest BCUT2D eigenvalue weighted by Gasteiger charge is -2.26. The van der Waals surface area contributed by atoms with Crippen molar-refractivity contribution in [2.24, 2.45) is 0 Å². The molecule has 1 heterocycles. The molecule has 32 heavy (non-hydrogen) atoms. The summed E-state index contributed by atoms with van der Waals surface area (Å²) in [4.78, 5) is 25.1. The second kappa shape index (κ2) is 9.63. The molecule has 3 aromatic carbocycles. The van der Waals surface area contributed by atoms with Crippen LogP contribution in [0.15, 0.2) is 82.0 Å². The number of benzene rings is 3. The minimum Gasteiger partial charge on any atom is -0.408 e. The van der Waals surface area contributed by atoms with E-state index >= 15 is 0 Å². The Hall–Kier alpha value is -3.02. The van der Waals surface area contributed by atoms with Gasteiger partial charge in [0.05, 0.1) is 5.52 Å². The van der Waals surface area contributed by atoms with Crippen LogP contribution < -0.4 is 11.1 Å². The topological polar surface area (TPSA) is 64.2 Å². The number of rotatable bonds is 7. The van der Waals surface area contributed by atoms with Gasteiger partial charge in [0.15, 0.2) is 5.58 Å². The number of carbonyl (C=O) groups is 1. The van der Waals surface area contributed by atoms with Crippen LogP contribution in [0.25, 0.3) is 11.1 Å². The van der Waals surface area contributed by atoms with Crippen LogP contribution in [0.5, 0.6) is 0 Å². The van der Waals surface area contributed by atoms with E-state index in [-0.39, 0.29) is 24.4 Å². The molecule has 4 rings (SSSR count). The summed E-state index contributed by atoms with van der Waals surface area (Å²) in [5.41, 5.74) is 3.21. The second-order valence-corrected chi connectivity index (χ2v) is 8.64. The van der Waals surface area contributed by atoms with Crippen molar-refractivity contribution in [2.75, 3.05) is 0 Å². The molecule has 0 aliphatic carbocycles. The molecule has 0 radical (unpaired) electrons. The van der Waals surface area contributed by atoms with Crippen LogP contribution in [0.2, 0.25) is 10.0 Å². The Bertz CT molecular complexity index is 1280. The minimum atomic E-state index is -0.551. The van der Waals surface area contributed by atoms with E-state index in [9.17, 15) is 9.59 Å². The lowest BCUT2D eigenvalue weighted by Crippen LogP contribution is -2.40. The molecule has 1 aromatic heterocycles. The molecule has 2 unspecified atom stereocenters. The number of nitrogens with zero attached hydrogens (tertiary/aromatic N) is 1. The van der Waals surface area contributed by atoms with Crippen LogP contribution in [0.1, 0.15) is 24.0 Å². The normalized spacial score (nSPS) is 13.1. The Morgan fingerprint density at radius 2 is 1.59 bits per heavy atom. The predicted octanol–water partition coefficient (Wildman–Crippen LogP) is 5.43. The predicted molar refractivity (Wildman–Crippen MR) is 127 cm³/mol. The number of aromatic nitrogens is 1. The van der Waals surface area contributed by atoms with Gasteiger partial charge in [-0.25, -0.2) is 4.79 Å². The van der Waals surface area contributed by atoms with Crippen molar-refractivity contribution in [3.63, 3.8) is 0 Å². The van der Waals surface area contributed by atoms with Gasteiger partial charge in [0.2, 0.25) is 5.91 Å². The maximum Gasteiger partial charge on any atom is 0.420 e. The van der Waals surface area contributed by atoms with Crippen LogP contribution in [0.3, 0.4) is 0 Å². The summed E-state index contributed by atoms with van der Waals surface area (Å²) in [6.45, 7) is 1.85. The second-order valence-electron chi connectivity index (χ2n) is 7.77. The van der Waals surface area contributed by atoms with Gasteiger partial charge in [-0.1, -0.05) is 59.6 Å². The average Bonchev–Trinajstić information content (AvgIpc) is 3.09. The van der Waals surface area contributed by atoms with E-state index in [0.29, 0.717) is 27.6 Å². The van der Waals surface area contributed by atoms with Gasteiger partial charge in [-0.2, -0.15) is 0 Å². The van der Waals surface area contributed by atoms with E-state index in [1.54, 1.807) is 24.3 Å². The molecule has 7 heteroatoms. The van der Waals surface area contributed by atoms with Gasteiger partial charge in [-0.3, -0.25) is 9.36 Å². The first kappa shape index (κ1) is 22.2. The fourth-order valence-corrected chi connectivity index (χ4v) is 4.13. The minimum absolute atomic E-state index is 0.00444. The lowest BCUT2D eigenvalue weighted by molar-refractivity contribution is -0.122. The molecule has 0 aliphatic rings. The van der Waals surface area contributed by atoms with Gasteiger partial charge in [0.25, 0.3) is 0 Å². The molecule has 4 aromatic rings. The van der Waals surface area contributed by atoms with Crippen molar-refractivity contribution in [3.8, 4) is 0 Å². The lowest BCUT2D eigenvalue weighted by atomic mass is 9.86. The standard InChI is InChI=1S/C25H22Cl2N2O3/c1-16(28-24(30)15-29-22-4-2-3-5-23(22)32-25(29)31)21(18-8-12-20(27)13-9-18)14-17-6-10-19(26)11-7-17/h2-13,16,21H,14-15H2,1H3,(H,28,30). The van der Waals surface area contributed by atoms with Gasteiger partial charge < -0.3 is 9.73 Å². The van der Waals surface area contributed by atoms with Crippen LogP contribution in [-0.2, 0) is 17.8 Å². The van der Waals surface area contributed by atoms with Gasteiger partial charge >= 0.3 is 5.76 Å². The number of fused-ring (bicyclic) bond motifs is 1. The number of nitrogens with one attached hydrogen (secondary N) is 1. The molecule has 2 atom stereocenters. The molecule has 1 N–H and O–H groups in total. The molecule has 0 saturated heterocycles. The molecule has 0 spiro atoms. The largest absolute Gasteiger partial charge is 0.420 e. The maximum atomic E-state index is 12.9. The first-order valence-corrected chi connectivity index (χ1v) is 11.0. The summed E-state index contributed by atoms with van der Waals surface area (Å²) in [6, 6.07) is 22.2. The number of hydrogen-bond donors (Lipinski definition) is 1. The van der Waals surface area contributed by atoms with Gasteiger partial charge in [0, 0.05) is 22.0 Å². The number of carbonyl (C=O) groups excluding carboxylic acids is 1. The van der Waals surface area contributed by atoms with E-state index in [4.69, 9.17) is 27.6 Å². The Balaban J connectivity index is 1.54. The molecule has 0 aliphatic heterocycles. The van der Waals surface area contributed by atoms with E-state index in [2.05, 4.69) is 5.32 Å². The third-order valence-corrected chi connectivity index (χ3v) is 6.04. The molecular weight excluding hydrogens is 447 g/mol. The van der Waals surface area contributed by atoms with E-state index < -0.39 is 5.76 Å². The number of halogens is 2. The summed E-state index contributed by atoms with van der Waals surface area (Å²) in [7, 11) is 0. The monoisotopic (exact) mass is 468 g/mol. The number of hydrogen-bond acceptors (Lipinski definition) is 3. The summed E-state index contributed by atoms with van der Waals surface area (Å²) in [5.74, 6) is -0.819. The van der Waals surface area contributed by atoms with Crippen LogP contribution in [0, 0.1) is 0 Å². The van der Waals surface area contributed by atoms with Gasteiger partial charge in [-0.15, -0.1) is 0 Å². The Morgan fingerprint density at radius 3 is 2.28 bits per heavy atom. The van der Waals surface area contributed by atoms with Crippen molar-refractivity contribution in [3.05, 3.63) is 105 Å². The molecule has 5 nitrogen and oxygen atoms in total. The first-order chi connectivity index (χ1) is 15.4. The zero-order valence-electron chi connectivity index (χ0n) is 17.4. The summed E-state index contributed by atoms with van der Waals surface area (Å²) in [5, 5.41) is 4.39. The molecule has 0 saturated carbocycles. The highest BCUT2D eigenvalue weighted by Gasteiger charge is 2.23. The Morgan fingerprint density at radius 1 is 0.969 bits per heavy atom. The number of para-hydroxylation sites is 2. The number of oxazole rings is 1. The van der Waals surface area contributed by atoms with E-state index in [1.165, 1.54) is 4.57 Å². The number of amides is 1. The third kappa shape index (κ3) is 5.06. The summed E-state index contributed by atoms with van der Waals surface area (Å²) >= 11 is 12.1. The van der Waals surface area contributed by atoms with Gasteiger partial charge in [0.1, 0.15) is 6.54 Å². The molecule has 0 fully saturated rings. The van der Waals surface area contributed by atoms with E-state index in [1.807, 2.05) is 55.5 Å². The third-order valence-electron chi connectivity index (χ3n) is 5.53. The maximum absolute atomic E-state index is 12.9. The Labute approximate surface area is 195 Å². The van der Waals surface area contributed by atoms with Crippen molar-refractivity contribution in [2.45, 2.75) is 31.8 Å². The molecular formula is C25H22Cl2N2O3. The first-order valence-electron chi connectivity index (χ1n) is 10.3.